The van der Waals surface area contributed by atoms with Gasteiger partial charge in [-0.15, -0.1) is 4.98 Å². The Hall–Kier alpha value is -3.19. The second-order valence-corrected chi connectivity index (χ2v) is 7.17. The Labute approximate surface area is 163 Å². The molecular weight excluding hydrogens is 354 g/mol. The maximum Gasteiger partial charge on any atom is 0.330 e. The summed E-state index contributed by atoms with van der Waals surface area (Å²) in [4.78, 5) is 18.2. The maximum absolute atomic E-state index is 5.88. The molecule has 3 aromatic rings. The van der Waals surface area contributed by atoms with Crippen molar-refractivity contribution in [3.63, 3.8) is 0 Å². The van der Waals surface area contributed by atoms with Gasteiger partial charge in [0, 0.05) is 25.2 Å². The summed E-state index contributed by atoms with van der Waals surface area (Å²) in [7, 11) is 2.17. The van der Waals surface area contributed by atoms with Crippen LogP contribution < -0.4 is 14.4 Å². The van der Waals surface area contributed by atoms with E-state index in [1.807, 2.05) is 60.7 Å². The third-order valence-electron chi connectivity index (χ3n) is 5.26. The molecule has 5 rings (SSSR count). The SMILES string of the molecule is CN1CC2CC1CN2c1nc(Oc2ccccc2)nc(Oc2ccccc2)n1. The molecule has 2 fully saturated rings. The Kier molecular flexibility index (Phi) is 4.29. The van der Waals surface area contributed by atoms with Gasteiger partial charge in [-0.2, -0.15) is 9.97 Å². The fourth-order valence-corrected chi connectivity index (χ4v) is 3.85. The van der Waals surface area contributed by atoms with Crippen LogP contribution in [-0.4, -0.2) is 52.1 Å². The Morgan fingerprint density at radius 3 is 1.79 bits per heavy atom. The molecular formula is C21H21N5O2. The molecule has 2 aliphatic rings. The average Bonchev–Trinajstić information content (AvgIpc) is 3.29. The monoisotopic (exact) mass is 375 g/mol. The number of anilines is 1. The van der Waals surface area contributed by atoms with Gasteiger partial charge in [0.05, 0.1) is 0 Å². The molecule has 7 nitrogen and oxygen atoms in total. The molecule has 2 bridgehead atoms. The van der Waals surface area contributed by atoms with Gasteiger partial charge in [0.1, 0.15) is 11.5 Å². The van der Waals surface area contributed by atoms with E-state index in [1.165, 1.54) is 0 Å². The van der Waals surface area contributed by atoms with E-state index in [9.17, 15) is 0 Å². The van der Waals surface area contributed by atoms with Gasteiger partial charge < -0.3 is 14.4 Å². The summed E-state index contributed by atoms with van der Waals surface area (Å²) >= 11 is 0. The number of hydrogen-bond acceptors (Lipinski definition) is 7. The lowest BCUT2D eigenvalue weighted by Gasteiger charge is -2.31. The van der Waals surface area contributed by atoms with Crippen molar-refractivity contribution in [3.8, 4) is 23.5 Å². The van der Waals surface area contributed by atoms with Crippen LogP contribution >= 0.6 is 0 Å². The van der Waals surface area contributed by atoms with E-state index in [-0.39, 0.29) is 12.0 Å². The van der Waals surface area contributed by atoms with E-state index in [1.54, 1.807) is 0 Å². The third-order valence-corrected chi connectivity index (χ3v) is 5.26. The molecule has 28 heavy (non-hydrogen) atoms. The lowest BCUT2D eigenvalue weighted by atomic mass is 10.2. The molecule has 3 heterocycles. The van der Waals surface area contributed by atoms with Gasteiger partial charge >= 0.3 is 12.0 Å². The van der Waals surface area contributed by atoms with Crippen LogP contribution in [0.4, 0.5) is 5.95 Å². The van der Waals surface area contributed by atoms with Crippen LogP contribution in [0.1, 0.15) is 6.42 Å². The first-order valence-corrected chi connectivity index (χ1v) is 9.43. The fourth-order valence-electron chi connectivity index (χ4n) is 3.85. The fraction of sp³-hybridized carbons (Fsp3) is 0.286. The molecule has 1 aromatic heterocycles. The summed E-state index contributed by atoms with van der Waals surface area (Å²) in [5.41, 5.74) is 0. The number of nitrogens with zero attached hydrogens (tertiary/aromatic N) is 5. The van der Waals surface area contributed by atoms with Crippen LogP contribution in [0.2, 0.25) is 0 Å². The molecule has 2 atom stereocenters. The predicted octanol–water partition coefficient (Wildman–Crippen LogP) is 3.35. The van der Waals surface area contributed by atoms with Crippen molar-refractivity contribution >= 4 is 5.95 Å². The molecule has 0 radical (unpaired) electrons. The number of fused-ring (bicyclic) bond motifs is 2. The maximum atomic E-state index is 5.88. The number of likely N-dealkylation sites (N-methyl/N-ethyl adjacent to an activating group) is 1. The van der Waals surface area contributed by atoms with Gasteiger partial charge in [0.25, 0.3) is 0 Å². The first-order valence-electron chi connectivity index (χ1n) is 9.43. The number of para-hydroxylation sites is 2. The highest BCUT2D eigenvalue weighted by Gasteiger charge is 2.42. The molecule has 2 aromatic carbocycles. The van der Waals surface area contributed by atoms with Crippen LogP contribution in [0.15, 0.2) is 60.7 Å². The largest absolute Gasteiger partial charge is 0.424 e. The molecule has 0 saturated carbocycles. The van der Waals surface area contributed by atoms with E-state index in [0.717, 1.165) is 19.5 Å². The molecule has 2 saturated heterocycles. The summed E-state index contributed by atoms with van der Waals surface area (Å²) in [5.74, 6) is 1.95. The van der Waals surface area contributed by atoms with E-state index < -0.39 is 0 Å². The smallest absolute Gasteiger partial charge is 0.330 e. The van der Waals surface area contributed by atoms with Crippen molar-refractivity contribution in [2.24, 2.45) is 0 Å². The van der Waals surface area contributed by atoms with Crippen molar-refractivity contribution in [2.75, 3.05) is 25.0 Å². The number of piperazine rings is 1. The topological polar surface area (TPSA) is 63.6 Å². The summed E-state index contributed by atoms with van der Waals surface area (Å²) in [5, 5.41) is 0. The second kappa shape index (κ2) is 7.09. The lowest BCUT2D eigenvalue weighted by molar-refractivity contribution is 0.290. The summed E-state index contributed by atoms with van der Waals surface area (Å²) in [6.45, 7) is 1.92. The molecule has 142 valence electrons. The van der Waals surface area contributed by atoms with Crippen molar-refractivity contribution in [3.05, 3.63) is 60.7 Å². The third kappa shape index (κ3) is 3.36. The van der Waals surface area contributed by atoms with Gasteiger partial charge in [0.15, 0.2) is 0 Å². The normalized spacial score (nSPS) is 21.1. The quantitative estimate of drug-likeness (QED) is 0.678. The Morgan fingerprint density at radius 2 is 1.32 bits per heavy atom. The first kappa shape index (κ1) is 16.9. The van der Waals surface area contributed by atoms with E-state index in [4.69, 9.17) is 9.47 Å². The van der Waals surface area contributed by atoms with Gasteiger partial charge in [0.2, 0.25) is 5.95 Å². The van der Waals surface area contributed by atoms with Crippen LogP contribution in [0.3, 0.4) is 0 Å². The van der Waals surface area contributed by atoms with Crippen LogP contribution in [0, 0.1) is 0 Å². The zero-order valence-electron chi connectivity index (χ0n) is 15.6. The molecule has 0 aliphatic carbocycles. The molecule has 7 heteroatoms. The number of aromatic nitrogens is 3. The van der Waals surface area contributed by atoms with Crippen molar-refractivity contribution in [1.29, 1.82) is 0 Å². The van der Waals surface area contributed by atoms with Gasteiger partial charge in [-0.1, -0.05) is 36.4 Å². The Bertz CT molecular complexity index is 892. The van der Waals surface area contributed by atoms with E-state index >= 15 is 0 Å². The van der Waals surface area contributed by atoms with Crippen molar-refractivity contribution in [1.82, 2.24) is 19.9 Å². The second-order valence-electron chi connectivity index (χ2n) is 7.17. The number of hydrogen-bond donors (Lipinski definition) is 0. The number of rotatable bonds is 5. The van der Waals surface area contributed by atoms with Crippen LogP contribution in [0.25, 0.3) is 0 Å². The summed E-state index contributed by atoms with van der Waals surface area (Å²) < 4.78 is 11.8. The summed E-state index contributed by atoms with van der Waals surface area (Å²) in [6.07, 6.45) is 1.13. The van der Waals surface area contributed by atoms with Crippen LogP contribution in [-0.2, 0) is 0 Å². The number of benzene rings is 2. The number of ether oxygens (including phenoxy) is 2. The Balaban J connectivity index is 1.47. The molecule has 2 unspecified atom stereocenters. The predicted molar refractivity (Wildman–Crippen MR) is 105 cm³/mol. The van der Waals surface area contributed by atoms with E-state index in [2.05, 4.69) is 31.8 Å². The zero-order valence-corrected chi connectivity index (χ0v) is 15.6. The zero-order chi connectivity index (χ0) is 18.9. The first-order chi connectivity index (χ1) is 13.7. The van der Waals surface area contributed by atoms with Gasteiger partial charge in [-0.3, -0.25) is 4.90 Å². The minimum absolute atomic E-state index is 0.234. The Morgan fingerprint density at radius 1 is 0.750 bits per heavy atom. The highest BCUT2D eigenvalue weighted by Crippen LogP contribution is 2.33. The van der Waals surface area contributed by atoms with Crippen molar-refractivity contribution < 1.29 is 9.47 Å². The van der Waals surface area contributed by atoms with Crippen molar-refractivity contribution in [2.45, 2.75) is 18.5 Å². The molecule has 0 N–H and O–H groups in total. The molecule has 2 aliphatic heterocycles. The minimum atomic E-state index is 0.234. The average molecular weight is 375 g/mol. The lowest BCUT2D eigenvalue weighted by Crippen LogP contribution is -2.45. The minimum Gasteiger partial charge on any atom is -0.424 e. The van der Waals surface area contributed by atoms with Gasteiger partial charge in [-0.05, 0) is 37.7 Å². The summed E-state index contributed by atoms with van der Waals surface area (Å²) in [6, 6.07) is 20.4. The number of likely N-dealkylation sites (tertiary alicyclic amines) is 1. The highest BCUT2D eigenvalue weighted by molar-refractivity contribution is 5.40. The van der Waals surface area contributed by atoms with Gasteiger partial charge in [-0.25, -0.2) is 0 Å². The standard InChI is InChI=1S/C21H21N5O2/c1-25-13-16-12-15(25)14-26(16)19-22-20(27-17-8-4-2-5-9-17)24-21(23-19)28-18-10-6-3-7-11-18/h2-11,15-16H,12-14H2,1H3. The molecule has 0 amide bonds. The highest BCUT2D eigenvalue weighted by atomic mass is 16.5. The van der Waals surface area contributed by atoms with E-state index in [0.29, 0.717) is 29.5 Å². The van der Waals surface area contributed by atoms with Crippen LogP contribution in [0.5, 0.6) is 23.5 Å². The molecule has 0 spiro atoms.